The SMILES string of the molecule is CCCN(CCC)C(=O)CNc1cccc(OC)c1. The lowest BCUT2D eigenvalue weighted by atomic mass is 10.3. The van der Waals surface area contributed by atoms with Gasteiger partial charge in [0.15, 0.2) is 0 Å². The molecule has 0 aliphatic heterocycles. The number of carbonyl (C=O) groups excluding carboxylic acids is 1. The van der Waals surface area contributed by atoms with Gasteiger partial charge in [0.25, 0.3) is 0 Å². The molecule has 106 valence electrons. The van der Waals surface area contributed by atoms with Crippen LogP contribution >= 0.6 is 0 Å². The van der Waals surface area contributed by atoms with E-state index in [1.165, 1.54) is 0 Å². The summed E-state index contributed by atoms with van der Waals surface area (Å²) in [7, 11) is 1.63. The third kappa shape index (κ3) is 5.20. The molecule has 4 nitrogen and oxygen atoms in total. The van der Waals surface area contributed by atoms with E-state index >= 15 is 0 Å². The summed E-state index contributed by atoms with van der Waals surface area (Å²) in [4.78, 5) is 14.0. The number of rotatable bonds is 8. The number of carbonyl (C=O) groups is 1. The summed E-state index contributed by atoms with van der Waals surface area (Å²) in [6.07, 6.45) is 1.98. The zero-order valence-electron chi connectivity index (χ0n) is 12.1. The van der Waals surface area contributed by atoms with Gasteiger partial charge in [0.05, 0.1) is 13.7 Å². The lowest BCUT2D eigenvalue weighted by Gasteiger charge is -2.21. The van der Waals surface area contributed by atoms with Crippen LogP contribution in [0.25, 0.3) is 0 Å². The molecule has 19 heavy (non-hydrogen) atoms. The van der Waals surface area contributed by atoms with Crippen molar-refractivity contribution in [2.24, 2.45) is 0 Å². The number of amides is 1. The molecule has 1 N–H and O–H groups in total. The van der Waals surface area contributed by atoms with Crippen molar-refractivity contribution >= 4 is 11.6 Å². The Balaban J connectivity index is 2.51. The predicted molar refractivity (Wildman–Crippen MR) is 78.6 cm³/mol. The van der Waals surface area contributed by atoms with Crippen molar-refractivity contribution in [1.29, 1.82) is 0 Å². The molecule has 1 amide bonds. The van der Waals surface area contributed by atoms with Crippen LogP contribution in [0.15, 0.2) is 24.3 Å². The van der Waals surface area contributed by atoms with Crippen LogP contribution in [0, 0.1) is 0 Å². The zero-order chi connectivity index (χ0) is 14.1. The van der Waals surface area contributed by atoms with E-state index in [-0.39, 0.29) is 5.91 Å². The molecule has 0 atom stereocenters. The second-order valence-corrected chi connectivity index (χ2v) is 4.47. The molecule has 1 aromatic rings. The molecule has 0 saturated heterocycles. The van der Waals surface area contributed by atoms with E-state index in [0.717, 1.165) is 37.4 Å². The summed E-state index contributed by atoms with van der Waals surface area (Å²) in [5.41, 5.74) is 0.903. The highest BCUT2D eigenvalue weighted by molar-refractivity contribution is 5.80. The van der Waals surface area contributed by atoms with Crippen LogP contribution in [0.3, 0.4) is 0 Å². The van der Waals surface area contributed by atoms with Crippen molar-refractivity contribution in [3.05, 3.63) is 24.3 Å². The maximum absolute atomic E-state index is 12.1. The highest BCUT2D eigenvalue weighted by Crippen LogP contribution is 2.16. The number of ether oxygens (including phenoxy) is 1. The Labute approximate surface area is 115 Å². The molecule has 0 bridgehead atoms. The molecule has 4 heteroatoms. The van der Waals surface area contributed by atoms with Gasteiger partial charge < -0.3 is 15.0 Å². The van der Waals surface area contributed by atoms with Gasteiger partial charge in [-0.1, -0.05) is 19.9 Å². The maximum Gasteiger partial charge on any atom is 0.241 e. The Morgan fingerprint density at radius 3 is 2.53 bits per heavy atom. The van der Waals surface area contributed by atoms with Gasteiger partial charge in [0.2, 0.25) is 5.91 Å². The first-order chi connectivity index (χ1) is 9.21. The summed E-state index contributed by atoms with van der Waals surface area (Å²) in [6.45, 7) is 6.16. The first-order valence-electron chi connectivity index (χ1n) is 6.87. The van der Waals surface area contributed by atoms with Gasteiger partial charge in [-0.15, -0.1) is 0 Å². The van der Waals surface area contributed by atoms with Crippen LogP contribution in [-0.2, 0) is 4.79 Å². The Morgan fingerprint density at radius 2 is 1.95 bits per heavy atom. The van der Waals surface area contributed by atoms with Crippen LogP contribution in [0.4, 0.5) is 5.69 Å². The molecule has 1 aromatic carbocycles. The molecule has 0 spiro atoms. The zero-order valence-corrected chi connectivity index (χ0v) is 12.1. The van der Waals surface area contributed by atoms with E-state index in [1.807, 2.05) is 29.2 Å². The van der Waals surface area contributed by atoms with Crippen molar-refractivity contribution < 1.29 is 9.53 Å². The molecule has 0 saturated carbocycles. The third-order valence-corrected chi connectivity index (χ3v) is 2.85. The van der Waals surface area contributed by atoms with E-state index < -0.39 is 0 Å². The summed E-state index contributed by atoms with van der Waals surface area (Å²) < 4.78 is 5.15. The Hall–Kier alpha value is -1.71. The Bertz CT molecular complexity index is 387. The van der Waals surface area contributed by atoms with Crippen molar-refractivity contribution in [3.8, 4) is 5.75 Å². The topological polar surface area (TPSA) is 41.6 Å². The van der Waals surface area contributed by atoms with Crippen LogP contribution in [-0.4, -0.2) is 37.6 Å². The van der Waals surface area contributed by atoms with Gasteiger partial charge in [-0.3, -0.25) is 4.79 Å². The van der Waals surface area contributed by atoms with Gasteiger partial charge in [0, 0.05) is 24.8 Å². The average molecular weight is 264 g/mol. The van der Waals surface area contributed by atoms with Gasteiger partial charge in [-0.05, 0) is 25.0 Å². The summed E-state index contributed by atoms with van der Waals surface area (Å²) in [5.74, 6) is 0.933. The van der Waals surface area contributed by atoms with E-state index in [4.69, 9.17) is 4.74 Å². The number of benzene rings is 1. The van der Waals surface area contributed by atoms with Crippen LogP contribution < -0.4 is 10.1 Å². The van der Waals surface area contributed by atoms with Gasteiger partial charge in [-0.2, -0.15) is 0 Å². The first-order valence-corrected chi connectivity index (χ1v) is 6.87. The minimum Gasteiger partial charge on any atom is -0.497 e. The van der Waals surface area contributed by atoms with E-state index in [1.54, 1.807) is 7.11 Å². The summed E-state index contributed by atoms with van der Waals surface area (Å²) in [6, 6.07) is 7.60. The van der Waals surface area contributed by atoms with Gasteiger partial charge >= 0.3 is 0 Å². The number of anilines is 1. The number of nitrogens with zero attached hydrogens (tertiary/aromatic N) is 1. The molecule has 0 aliphatic carbocycles. The van der Waals surface area contributed by atoms with Crippen molar-refractivity contribution in [2.45, 2.75) is 26.7 Å². The standard InChI is InChI=1S/C15H24N2O2/c1-4-9-17(10-5-2)15(18)12-16-13-7-6-8-14(11-13)19-3/h6-8,11,16H,4-5,9-10,12H2,1-3H3. The highest BCUT2D eigenvalue weighted by atomic mass is 16.5. The lowest BCUT2D eigenvalue weighted by molar-refractivity contribution is -0.129. The minimum atomic E-state index is 0.145. The fourth-order valence-electron chi connectivity index (χ4n) is 1.92. The van der Waals surface area contributed by atoms with Gasteiger partial charge in [0.1, 0.15) is 5.75 Å². The smallest absolute Gasteiger partial charge is 0.241 e. The molecule has 0 aromatic heterocycles. The first kappa shape index (κ1) is 15.3. The van der Waals surface area contributed by atoms with E-state index in [0.29, 0.717) is 6.54 Å². The average Bonchev–Trinajstić information content (AvgIpc) is 2.44. The number of methoxy groups -OCH3 is 1. The second kappa shape index (κ2) is 8.40. The molecular weight excluding hydrogens is 240 g/mol. The van der Waals surface area contributed by atoms with Gasteiger partial charge in [-0.25, -0.2) is 0 Å². The lowest BCUT2D eigenvalue weighted by Crippen LogP contribution is -2.36. The van der Waals surface area contributed by atoms with Crippen LogP contribution in [0.2, 0.25) is 0 Å². The second-order valence-electron chi connectivity index (χ2n) is 4.47. The van der Waals surface area contributed by atoms with Crippen molar-refractivity contribution in [3.63, 3.8) is 0 Å². The quantitative estimate of drug-likeness (QED) is 0.785. The molecule has 0 radical (unpaired) electrons. The largest absolute Gasteiger partial charge is 0.497 e. The monoisotopic (exact) mass is 264 g/mol. The van der Waals surface area contributed by atoms with Crippen molar-refractivity contribution in [2.75, 3.05) is 32.1 Å². The molecule has 1 rings (SSSR count). The maximum atomic E-state index is 12.1. The van der Waals surface area contributed by atoms with E-state index in [2.05, 4.69) is 19.2 Å². The van der Waals surface area contributed by atoms with E-state index in [9.17, 15) is 4.79 Å². The molecule has 0 unspecified atom stereocenters. The summed E-state index contributed by atoms with van der Waals surface area (Å²) in [5, 5.41) is 3.15. The minimum absolute atomic E-state index is 0.145. The Kier molecular flexibility index (Phi) is 6.79. The van der Waals surface area contributed by atoms with Crippen molar-refractivity contribution in [1.82, 2.24) is 4.90 Å². The molecule has 0 aliphatic rings. The number of hydrogen-bond acceptors (Lipinski definition) is 3. The fraction of sp³-hybridized carbons (Fsp3) is 0.533. The van der Waals surface area contributed by atoms with Crippen LogP contribution in [0.5, 0.6) is 5.75 Å². The molecular formula is C15H24N2O2. The highest BCUT2D eigenvalue weighted by Gasteiger charge is 2.11. The Morgan fingerprint density at radius 1 is 1.26 bits per heavy atom. The third-order valence-electron chi connectivity index (χ3n) is 2.85. The number of nitrogens with one attached hydrogen (secondary N) is 1. The molecule has 0 heterocycles. The summed E-state index contributed by atoms with van der Waals surface area (Å²) >= 11 is 0. The number of hydrogen-bond donors (Lipinski definition) is 1. The van der Waals surface area contributed by atoms with Crippen LogP contribution in [0.1, 0.15) is 26.7 Å². The molecule has 0 fully saturated rings. The predicted octanol–water partition coefficient (Wildman–Crippen LogP) is 2.76. The normalized spacial score (nSPS) is 10.1. The fourth-order valence-corrected chi connectivity index (χ4v) is 1.92.